The van der Waals surface area contributed by atoms with Crippen molar-refractivity contribution in [1.82, 2.24) is 5.32 Å². The quantitative estimate of drug-likeness (QED) is 0.0487. The molecular formula is C22H49N7O8Se. The second-order valence-electron chi connectivity index (χ2n) is 8.84. The topological polar surface area (TPSA) is 315 Å². The molecule has 0 aliphatic rings. The van der Waals surface area contributed by atoms with Gasteiger partial charge in [-0.3, -0.25) is 19.8 Å². The minimum absolute atomic E-state index is 0.0208. The molecule has 0 unspecified atom stereocenters. The van der Waals surface area contributed by atoms with Crippen molar-refractivity contribution in [2.75, 3.05) is 6.54 Å². The maximum Gasteiger partial charge on any atom is 0.320 e. The van der Waals surface area contributed by atoms with Crippen LogP contribution < -0.4 is 34.0 Å². The fraction of sp³-hybridized carbons (Fsp3) is 0.773. The molecule has 0 saturated heterocycles. The molecule has 38 heavy (non-hydrogen) atoms. The Morgan fingerprint density at radius 1 is 0.789 bits per heavy atom. The third-order valence-electron chi connectivity index (χ3n) is 4.32. The number of aliphatic carboxylic acids is 4. The van der Waals surface area contributed by atoms with E-state index in [0.717, 1.165) is 5.32 Å². The summed E-state index contributed by atoms with van der Waals surface area (Å²) >= 11 is 0.549. The smallest absolute Gasteiger partial charge is 0.320 e. The predicted molar refractivity (Wildman–Crippen MR) is 147 cm³/mol. The second kappa shape index (κ2) is 26.1. The van der Waals surface area contributed by atoms with E-state index in [0.29, 0.717) is 53.1 Å². The Bertz CT molecular complexity index is 684. The first-order chi connectivity index (χ1) is 17.3. The fourth-order valence-corrected chi connectivity index (χ4v) is 2.96. The molecule has 0 saturated carbocycles. The van der Waals surface area contributed by atoms with Gasteiger partial charge >= 0.3 is 78.1 Å². The molecule has 0 amide bonds. The molecule has 15 nitrogen and oxygen atoms in total. The zero-order valence-electron chi connectivity index (χ0n) is 22.9. The summed E-state index contributed by atoms with van der Waals surface area (Å²) in [5, 5.41) is 43.5. The SMILES string of the molecule is CC(C)C[C@H](N)C(=O)O.CC(C)[C@H](N)C(=O)O.C[Se]CC[C@H](N)C(=O)O.N=C(N)NCCC[C@H](N)C(=O)O. The van der Waals surface area contributed by atoms with Gasteiger partial charge in [-0.15, -0.1) is 0 Å². The van der Waals surface area contributed by atoms with Gasteiger partial charge in [0.2, 0.25) is 0 Å². The summed E-state index contributed by atoms with van der Waals surface area (Å²) in [6.07, 6.45) is 2.14. The van der Waals surface area contributed by atoms with Gasteiger partial charge in [-0.25, -0.2) is 0 Å². The van der Waals surface area contributed by atoms with E-state index in [2.05, 4.69) is 11.1 Å². The molecule has 0 aromatic carbocycles. The Morgan fingerprint density at radius 2 is 1.21 bits per heavy atom. The van der Waals surface area contributed by atoms with Crippen LogP contribution in [0, 0.1) is 17.2 Å². The minimum atomic E-state index is -1.00. The Labute approximate surface area is 230 Å². The van der Waals surface area contributed by atoms with Crippen LogP contribution >= 0.6 is 0 Å². The van der Waals surface area contributed by atoms with Gasteiger partial charge in [0.1, 0.15) is 18.1 Å². The van der Waals surface area contributed by atoms with Crippen LogP contribution in [0.15, 0.2) is 0 Å². The van der Waals surface area contributed by atoms with Crippen LogP contribution in [0.2, 0.25) is 11.1 Å². The van der Waals surface area contributed by atoms with Crippen LogP contribution in [0.5, 0.6) is 0 Å². The normalized spacial score (nSPS) is 13.1. The van der Waals surface area contributed by atoms with E-state index in [4.69, 9.17) is 54.5 Å². The summed E-state index contributed by atoms with van der Waals surface area (Å²) < 4.78 is 0. The number of guanidine groups is 1. The number of carboxylic acid groups (broad SMARTS) is 4. The second-order valence-corrected chi connectivity index (χ2v) is 10.9. The van der Waals surface area contributed by atoms with Crippen molar-refractivity contribution in [3.63, 3.8) is 0 Å². The largest absolute Gasteiger partial charge is 0.480 e. The van der Waals surface area contributed by atoms with Crippen LogP contribution in [-0.4, -0.2) is 95.9 Å². The molecule has 0 aliphatic carbocycles. The van der Waals surface area contributed by atoms with E-state index < -0.39 is 48.0 Å². The van der Waals surface area contributed by atoms with Crippen LogP contribution in [0.1, 0.15) is 53.4 Å². The van der Waals surface area contributed by atoms with E-state index >= 15 is 0 Å². The first-order valence-corrected chi connectivity index (χ1v) is 14.7. The van der Waals surface area contributed by atoms with Crippen molar-refractivity contribution < 1.29 is 39.6 Å². The number of hydrogen-bond acceptors (Lipinski definition) is 9. The molecule has 0 spiro atoms. The van der Waals surface area contributed by atoms with E-state index in [1.807, 2.05) is 13.8 Å². The average Bonchev–Trinajstić information content (AvgIpc) is 2.79. The number of nitrogens with one attached hydrogen (secondary N) is 2. The van der Waals surface area contributed by atoms with Gasteiger partial charge in [-0.1, -0.05) is 27.7 Å². The maximum absolute atomic E-state index is 10.2. The molecule has 16 heteroatoms. The standard InChI is InChI=1S/C6H14N4O2.C6H13NO2.C5H11NO2Se.C5H11NO2/c7-4(5(11)12)2-1-3-10-6(8)9;1-4(2)3-5(7)6(8)9;1-9-3-2-4(6)5(7)8;1-3(2)4(6)5(7)8/h4H,1-3,7H2,(H,11,12)(H4,8,9,10);4-5H,3,7H2,1-2H3,(H,8,9);4H,2-3,6H2,1H3,(H,7,8);3-4H,6H2,1-2H3,(H,7,8)/t4-;5-;2*4-/m0000/s1. The van der Waals surface area contributed by atoms with Gasteiger partial charge in [-0.2, -0.15) is 0 Å². The van der Waals surface area contributed by atoms with Crippen molar-refractivity contribution in [3.8, 4) is 0 Å². The first-order valence-electron chi connectivity index (χ1n) is 11.8. The number of carbonyl (C=O) groups is 4. The molecule has 16 N–H and O–H groups in total. The number of rotatable bonds is 14. The van der Waals surface area contributed by atoms with Crippen molar-refractivity contribution >= 4 is 44.8 Å². The van der Waals surface area contributed by atoms with E-state index in [9.17, 15) is 19.2 Å². The fourth-order valence-electron chi connectivity index (χ4n) is 1.93. The molecule has 0 aliphatic heterocycles. The van der Waals surface area contributed by atoms with Crippen molar-refractivity contribution in [2.24, 2.45) is 40.5 Å². The summed E-state index contributed by atoms with van der Waals surface area (Å²) in [7, 11) is 0. The Hall–Kier alpha value is -2.49. The van der Waals surface area contributed by atoms with Gasteiger partial charge in [0.05, 0.1) is 0 Å². The summed E-state index contributed by atoms with van der Waals surface area (Å²) in [5.74, 6) is -1.40. The molecule has 0 aromatic rings. The molecule has 0 heterocycles. The van der Waals surface area contributed by atoms with Gasteiger partial charge in [0.25, 0.3) is 0 Å². The summed E-state index contributed by atoms with van der Waals surface area (Å²) in [5.41, 5.74) is 25.8. The van der Waals surface area contributed by atoms with Crippen molar-refractivity contribution in [2.45, 2.75) is 88.7 Å². The van der Waals surface area contributed by atoms with Crippen LogP contribution in [0.25, 0.3) is 0 Å². The summed E-state index contributed by atoms with van der Waals surface area (Å²) in [6, 6.07) is -2.87. The monoisotopic (exact) mass is 619 g/mol. The van der Waals surface area contributed by atoms with Crippen LogP contribution in [0.3, 0.4) is 0 Å². The van der Waals surface area contributed by atoms with Crippen LogP contribution in [0.4, 0.5) is 0 Å². The third-order valence-corrected chi connectivity index (χ3v) is 5.67. The molecule has 4 atom stereocenters. The van der Waals surface area contributed by atoms with Crippen molar-refractivity contribution in [3.05, 3.63) is 0 Å². The number of nitrogens with two attached hydrogens (primary N) is 5. The molecule has 0 rings (SSSR count). The Morgan fingerprint density at radius 3 is 1.45 bits per heavy atom. The zero-order valence-corrected chi connectivity index (χ0v) is 24.6. The first kappa shape index (κ1) is 42.6. The summed E-state index contributed by atoms with van der Waals surface area (Å²) in [6.45, 7) is 7.93. The Kier molecular flexibility index (Phi) is 29.3. The molecule has 0 radical (unpaired) electrons. The Balaban J connectivity index is -0.000000205. The minimum Gasteiger partial charge on any atom is -0.480 e. The third kappa shape index (κ3) is 33.5. The van der Waals surface area contributed by atoms with E-state index in [-0.39, 0.29) is 11.9 Å². The van der Waals surface area contributed by atoms with Gasteiger partial charge in [-0.05, 0) is 31.1 Å². The van der Waals surface area contributed by atoms with E-state index in [1.165, 1.54) is 0 Å². The van der Waals surface area contributed by atoms with Crippen molar-refractivity contribution in [1.29, 1.82) is 5.41 Å². The zero-order chi connectivity index (χ0) is 31.0. The number of carboxylic acids is 4. The maximum atomic E-state index is 10.2. The molecule has 226 valence electrons. The van der Waals surface area contributed by atoms with Gasteiger partial charge < -0.3 is 43.6 Å². The summed E-state index contributed by atoms with van der Waals surface area (Å²) in [4.78, 5) is 40.4. The van der Waals surface area contributed by atoms with Gasteiger partial charge in [0, 0.05) is 6.54 Å². The molecular weight excluding hydrogens is 569 g/mol. The average molecular weight is 619 g/mol. The molecule has 0 bridgehead atoms. The molecule has 0 aromatic heterocycles. The van der Waals surface area contributed by atoms with Gasteiger partial charge in [0.15, 0.2) is 5.96 Å². The predicted octanol–water partition coefficient (Wildman–Crippen LogP) is -0.881. The number of hydrogen-bond donors (Lipinski definition) is 11. The van der Waals surface area contributed by atoms with Crippen LogP contribution in [-0.2, 0) is 19.2 Å². The van der Waals surface area contributed by atoms with E-state index in [1.54, 1.807) is 13.8 Å². The molecule has 0 fully saturated rings.